The van der Waals surface area contributed by atoms with Crippen molar-refractivity contribution in [2.45, 2.75) is 90.1 Å². The molecule has 1 aromatic carbocycles. The number of hydrogen-bond acceptors (Lipinski definition) is 3. The Morgan fingerprint density at radius 1 is 0.941 bits per heavy atom. The Morgan fingerprint density at radius 3 is 2.06 bits per heavy atom. The van der Waals surface area contributed by atoms with E-state index in [0.717, 1.165) is 31.4 Å². The number of hydrogen-bond donors (Lipinski definition) is 0. The quantitative estimate of drug-likeness (QED) is 0.168. The fourth-order valence-corrected chi connectivity index (χ4v) is 4.31. The zero-order chi connectivity index (χ0) is 25.0. The van der Waals surface area contributed by atoms with Crippen LogP contribution < -0.4 is 0 Å². The molecule has 0 saturated carbocycles. The van der Waals surface area contributed by atoms with Crippen LogP contribution in [0.4, 0.5) is 17.6 Å². The number of halogens is 4. The number of esters is 1. The van der Waals surface area contributed by atoms with E-state index in [1.165, 1.54) is 49.8 Å². The Labute approximate surface area is 200 Å². The second kappa shape index (κ2) is 14.3. The van der Waals surface area contributed by atoms with Crippen LogP contribution in [0.3, 0.4) is 0 Å². The number of rotatable bonds is 13. The molecule has 1 aliphatic rings. The minimum absolute atomic E-state index is 0.158. The predicted molar refractivity (Wildman–Crippen MR) is 123 cm³/mol. The van der Waals surface area contributed by atoms with Crippen molar-refractivity contribution in [1.82, 2.24) is 4.90 Å². The van der Waals surface area contributed by atoms with Gasteiger partial charge in [-0.1, -0.05) is 64.7 Å². The van der Waals surface area contributed by atoms with Crippen molar-refractivity contribution < 1.29 is 31.9 Å². The molecule has 192 valence electrons. The van der Waals surface area contributed by atoms with Gasteiger partial charge in [0.05, 0.1) is 23.7 Å². The van der Waals surface area contributed by atoms with E-state index < -0.39 is 29.0 Å². The first kappa shape index (κ1) is 28.1. The Morgan fingerprint density at radius 2 is 1.50 bits per heavy atom. The lowest BCUT2D eigenvalue weighted by Gasteiger charge is -2.31. The fourth-order valence-electron chi connectivity index (χ4n) is 4.31. The smallest absolute Gasteiger partial charge is 0.417 e. The summed E-state index contributed by atoms with van der Waals surface area (Å²) in [5.41, 5.74) is -1.86. The van der Waals surface area contributed by atoms with Crippen molar-refractivity contribution in [1.29, 1.82) is 0 Å². The molecule has 0 spiro atoms. The van der Waals surface area contributed by atoms with E-state index >= 15 is 0 Å². The highest BCUT2D eigenvalue weighted by Crippen LogP contribution is 2.33. The van der Waals surface area contributed by atoms with E-state index in [2.05, 4.69) is 6.92 Å². The van der Waals surface area contributed by atoms with Gasteiger partial charge in [-0.25, -0.2) is 4.39 Å². The van der Waals surface area contributed by atoms with Crippen molar-refractivity contribution in [3.8, 4) is 0 Å². The van der Waals surface area contributed by atoms with Crippen LogP contribution in [-0.2, 0) is 15.7 Å². The van der Waals surface area contributed by atoms with Crippen LogP contribution in [-0.4, -0.2) is 36.5 Å². The van der Waals surface area contributed by atoms with Gasteiger partial charge in [0.1, 0.15) is 5.82 Å². The lowest BCUT2D eigenvalue weighted by Crippen LogP contribution is -2.41. The number of amides is 1. The number of piperidine rings is 1. The van der Waals surface area contributed by atoms with Gasteiger partial charge in [0.25, 0.3) is 5.91 Å². The number of nitrogens with zero attached hydrogens (tertiary/aromatic N) is 1. The fraction of sp³-hybridized carbons (Fsp3) is 0.692. The standard InChI is InChI=1S/C26H37F4NO3/c1-2-3-4-5-6-7-8-9-10-11-18-34-25(33)20-14-16-31(17-15-20)24(32)22-13-12-21(27)19-23(22)26(28,29)30/h12-13,19-20H,2-11,14-18H2,1H3. The Hall–Kier alpha value is -2.12. The van der Waals surface area contributed by atoms with Crippen molar-refractivity contribution in [2.75, 3.05) is 19.7 Å². The maximum absolute atomic E-state index is 13.3. The number of benzene rings is 1. The van der Waals surface area contributed by atoms with Gasteiger partial charge in [0.15, 0.2) is 0 Å². The number of unbranched alkanes of at least 4 members (excludes halogenated alkanes) is 9. The summed E-state index contributed by atoms with van der Waals surface area (Å²) in [7, 11) is 0. The van der Waals surface area contributed by atoms with Crippen molar-refractivity contribution in [3.63, 3.8) is 0 Å². The molecule has 0 bridgehead atoms. The van der Waals surface area contributed by atoms with Gasteiger partial charge in [-0.3, -0.25) is 9.59 Å². The number of alkyl halides is 3. The van der Waals surface area contributed by atoms with E-state index in [4.69, 9.17) is 4.74 Å². The highest BCUT2D eigenvalue weighted by molar-refractivity contribution is 5.96. The molecule has 1 aromatic rings. The third-order valence-corrected chi connectivity index (χ3v) is 6.38. The molecular formula is C26H37F4NO3. The third-order valence-electron chi connectivity index (χ3n) is 6.38. The Bertz CT molecular complexity index is 774. The summed E-state index contributed by atoms with van der Waals surface area (Å²) in [5.74, 6) is -2.51. The summed E-state index contributed by atoms with van der Waals surface area (Å²) in [5, 5.41) is 0. The summed E-state index contributed by atoms with van der Waals surface area (Å²) in [6, 6.07) is 2.05. The van der Waals surface area contributed by atoms with Crippen LogP contribution in [0.2, 0.25) is 0 Å². The van der Waals surface area contributed by atoms with E-state index in [0.29, 0.717) is 25.5 Å². The van der Waals surface area contributed by atoms with Gasteiger partial charge in [-0.15, -0.1) is 0 Å². The monoisotopic (exact) mass is 487 g/mol. The summed E-state index contributed by atoms with van der Waals surface area (Å²) >= 11 is 0. The van der Waals surface area contributed by atoms with E-state index in [-0.39, 0.29) is 25.0 Å². The number of carbonyl (C=O) groups is 2. The number of likely N-dealkylation sites (tertiary alicyclic amines) is 1. The summed E-state index contributed by atoms with van der Waals surface area (Å²) in [6.07, 6.45) is 7.77. The maximum atomic E-state index is 13.3. The number of carbonyl (C=O) groups excluding carboxylic acids is 2. The average Bonchev–Trinajstić information content (AvgIpc) is 2.81. The lowest BCUT2D eigenvalue weighted by atomic mass is 9.96. The molecule has 34 heavy (non-hydrogen) atoms. The first-order valence-electron chi connectivity index (χ1n) is 12.6. The summed E-state index contributed by atoms with van der Waals surface area (Å²) in [6.45, 7) is 2.90. The summed E-state index contributed by atoms with van der Waals surface area (Å²) < 4.78 is 58.3. The Balaban J connectivity index is 1.66. The van der Waals surface area contributed by atoms with Gasteiger partial charge < -0.3 is 9.64 Å². The molecule has 1 saturated heterocycles. The van der Waals surface area contributed by atoms with Crippen LogP contribution in [0.1, 0.15) is 99.9 Å². The molecule has 2 rings (SSSR count). The van der Waals surface area contributed by atoms with E-state index in [1.54, 1.807) is 0 Å². The Kier molecular flexibility index (Phi) is 11.8. The van der Waals surface area contributed by atoms with Crippen LogP contribution in [0.5, 0.6) is 0 Å². The average molecular weight is 488 g/mol. The number of ether oxygens (including phenoxy) is 1. The molecule has 0 aromatic heterocycles. The zero-order valence-electron chi connectivity index (χ0n) is 20.1. The van der Waals surface area contributed by atoms with Crippen LogP contribution >= 0.6 is 0 Å². The second-order valence-corrected chi connectivity index (χ2v) is 9.10. The SMILES string of the molecule is CCCCCCCCCCCCOC(=O)C1CCN(C(=O)c2ccc(F)cc2C(F)(F)F)CC1. The molecule has 0 unspecified atom stereocenters. The molecular weight excluding hydrogens is 450 g/mol. The maximum Gasteiger partial charge on any atom is 0.417 e. The molecule has 8 heteroatoms. The zero-order valence-corrected chi connectivity index (χ0v) is 20.1. The molecule has 1 fully saturated rings. The summed E-state index contributed by atoms with van der Waals surface area (Å²) in [4.78, 5) is 26.2. The van der Waals surface area contributed by atoms with Crippen LogP contribution in [0.15, 0.2) is 18.2 Å². The van der Waals surface area contributed by atoms with E-state index in [9.17, 15) is 27.2 Å². The first-order chi connectivity index (χ1) is 16.2. The normalized spacial score (nSPS) is 14.9. The predicted octanol–water partition coefficient (Wildman–Crippen LogP) is 7.16. The van der Waals surface area contributed by atoms with Gasteiger partial charge in [-0.05, 0) is 37.5 Å². The van der Waals surface area contributed by atoms with Crippen molar-refractivity contribution in [3.05, 3.63) is 35.1 Å². The lowest BCUT2D eigenvalue weighted by molar-refractivity contribution is -0.150. The van der Waals surface area contributed by atoms with Crippen molar-refractivity contribution >= 4 is 11.9 Å². The molecule has 0 radical (unpaired) electrons. The highest BCUT2D eigenvalue weighted by atomic mass is 19.4. The van der Waals surface area contributed by atoms with Crippen molar-refractivity contribution in [2.24, 2.45) is 5.92 Å². The largest absolute Gasteiger partial charge is 0.465 e. The topological polar surface area (TPSA) is 46.6 Å². The molecule has 1 heterocycles. The van der Waals surface area contributed by atoms with Gasteiger partial charge >= 0.3 is 12.1 Å². The second-order valence-electron chi connectivity index (χ2n) is 9.10. The minimum atomic E-state index is -4.83. The van der Waals surface area contributed by atoms with Gasteiger partial charge in [-0.2, -0.15) is 13.2 Å². The third kappa shape index (κ3) is 9.26. The molecule has 0 aliphatic carbocycles. The van der Waals surface area contributed by atoms with Crippen LogP contribution in [0.25, 0.3) is 0 Å². The minimum Gasteiger partial charge on any atom is -0.465 e. The van der Waals surface area contributed by atoms with Gasteiger partial charge in [0.2, 0.25) is 0 Å². The van der Waals surface area contributed by atoms with E-state index in [1.807, 2.05) is 0 Å². The molecule has 1 aliphatic heterocycles. The molecule has 0 N–H and O–H groups in total. The molecule has 0 atom stereocenters. The first-order valence-corrected chi connectivity index (χ1v) is 12.6. The molecule has 1 amide bonds. The van der Waals surface area contributed by atoms with Gasteiger partial charge in [0, 0.05) is 13.1 Å². The highest BCUT2D eigenvalue weighted by Gasteiger charge is 2.37. The molecule has 4 nitrogen and oxygen atoms in total. The van der Waals surface area contributed by atoms with Crippen LogP contribution in [0, 0.1) is 11.7 Å².